The maximum Gasteiger partial charge on any atom is 0.191 e. The van der Waals surface area contributed by atoms with Crippen molar-refractivity contribution < 1.29 is 13.5 Å². The van der Waals surface area contributed by atoms with Gasteiger partial charge in [-0.15, -0.1) is 0 Å². The molecule has 1 saturated carbocycles. The van der Waals surface area contributed by atoms with Crippen LogP contribution in [0.2, 0.25) is 0 Å². The van der Waals surface area contributed by atoms with Gasteiger partial charge < -0.3 is 10.1 Å². The summed E-state index contributed by atoms with van der Waals surface area (Å²) in [5.41, 5.74) is 0.604. The molecule has 0 heterocycles. The topological polar surface area (TPSA) is 21.3 Å². The molecule has 0 bridgehead atoms. The molecule has 106 valence electrons. The van der Waals surface area contributed by atoms with Crippen molar-refractivity contribution in [1.82, 2.24) is 5.32 Å². The minimum absolute atomic E-state index is 0.0441. The lowest BCUT2D eigenvalue weighted by Gasteiger charge is -2.23. The number of hydrogen-bond donors (Lipinski definition) is 1. The molecule has 1 aromatic rings. The van der Waals surface area contributed by atoms with Gasteiger partial charge >= 0.3 is 0 Å². The Morgan fingerprint density at radius 1 is 1.16 bits per heavy atom. The number of nitrogens with one attached hydrogen (secondary N) is 1. The van der Waals surface area contributed by atoms with Crippen LogP contribution in [0.4, 0.5) is 8.78 Å². The summed E-state index contributed by atoms with van der Waals surface area (Å²) < 4.78 is 33.3. The second kappa shape index (κ2) is 6.85. The highest BCUT2D eigenvalue weighted by molar-refractivity contribution is 5.31. The SMILES string of the molecule is CCNCc1cc(F)c(OC2CCCCC2)c(F)c1. The van der Waals surface area contributed by atoms with E-state index in [0.717, 1.165) is 32.2 Å². The summed E-state index contributed by atoms with van der Waals surface area (Å²) in [6.45, 7) is 3.19. The van der Waals surface area contributed by atoms with Gasteiger partial charge in [0.1, 0.15) is 0 Å². The first-order valence-electron chi connectivity index (χ1n) is 7.06. The summed E-state index contributed by atoms with van der Waals surface area (Å²) in [6, 6.07) is 2.70. The van der Waals surface area contributed by atoms with E-state index in [1.54, 1.807) is 0 Å². The molecule has 19 heavy (non-hydrogen) atoms. The molecule has 0 saturated heterocycles. The van der Waals surface area contributed by atoms with Crippen molar-refractivity contribution in [2.24, 2.45) is 0 Å². The smallest absolute Gasteiger partial charge is 0.191 e. The first-order chi connectivity index (χ1) is 9.20. The van der Waals surface area contributed by atoms with Gasteiger partial charge in [0.05, 0.1) is 6.10 Å². The molecule has 1 N–H and O–H groups in total. The summed E-state index contributed by atoms with van der Waals surface area (Å²) in [5, 5.41) is 3.05. The number of benzene rings is 1. The molecule has 0 aliphatic heterocycles. The quantitative estimate of drug-likeness (QED) is 0.878. The van der Waals surface area contributed by atoms with Crippen molar-refractivity contribution in [1.29, 1.82) is 0 Å². The standard InChI is InChI=1S/C15H21F2NO/c1-2-18-10-11-8-13(16)15(14(17)9-11)19-12-6-4-3-5-7-12/h8-9,12,18H,2-7,10H2,1H3. The molecule has 1 fully saturated rings. The normalized spacial score (nSPS) is 16.6. The maximum atomic E-state index is 13.9. The van der Waals surface area contributed by atoms with Gasteiger partial charge in [-0.3, -0.25) is 0 Å². The largest absolute Gasteiger partial charge is 0.484 e. The Hall–Kier alpha value is -1.16. The molecule has 1 aromatic carbocycles. The lowest BCUT2D eigenvalue weighted by Crippen LogP contribution is -2.21. The molecule has 1 aliphatic rings. The van der Waals surface area contributed by atoms with E-state index < -0.39 is 11.6 Å². The van der Waals surface area contributed by atoms with Crippen LogP contribution in [0.3, 0.4) is 0 Å². The van der Waals surface area contributed by atoms with Gasteiger partial charge in [-0.2, -0.15) is 0 Å². The molecule has 0 amide bonds. The molecule has 0 atom stereocenters. The summed E-state index contributed by atoms with van der Waals surface area (Å²) in [7, 11) is 0. The molecule has 2 nitrogen and oxygen atoms in total. The van der Waals surface area contributed by atoms with E-state index in [4.69, 9.17) is 4.74 Å². The minimum Gasteiger partial charge on any atom is -0.484 e. The van der Waals surface area contributed by atoms with Crippen LogP contribution in [0.5, 0.6) is 5.75 Å². The zero-order valence-corrected chi connectivity index (χ0v) is 11.3. The molecule has 2 rings (SSSR count). The first-order valence-corrected chi connectivity index (χ1v) is 7.06. The van der Waals surface area contributed by atoms with E-state index in [-0.39, 0.29) is 11.9 Å². The molecule has 1 aliphatic carbocycles. The molecule has 0 aromatic heterocycles. The second-order valence-corrected chi connectivity index (χ2v) is 5.05. The van der Waals surface area contributed by atoms with Gasteiger partial charge in [0.2, 0.25) is 0 Å². The van der Waals surface area contributed by atoms with Crippen molar-refractivity contribution in [2.75, 3.05) is 6.54 Å². The van der Waals surface area contributed by atoms with Gasteiger partial charge in [-0.1, -0.05) is 13.3 Å². The van der Waals surface area contributed by atoms with Gasteiger partial charge in [-0.25, -0.2) is 8.78 Å². The maximum absolute atomic E-state index is 13.9. The van der Waals surface area contributed by atoms with Gasteiger partial charge in [0, 0.05) is 6.54 Å². The molecule has 0 spiro atoms. The lowest BCUT2D eigenvalue weighted by molar-refractivity contribution is 0.142. The Bertz CT molecular complexity index is 394. The highest BCUT2D eigenvalue weighted by atomic mass is 19.1. The van der Waals surface area contributed by atoms with E-state index in [2.05, 4.69) is 5.32 Å². The fourth-order valence-electron chi connectivity index (χ4n) is 2.45. The van der Waals surface area contributed by atoms with E-state index in [9.17, 15) is 8.78 Å². The van der Waals surface area contributed by atoms with Crippen molar-refractivity contribution in [3.05, 3.63) is 29.3 Å². The predicted octanol–water partition coefficient (Wildman–Crippen LogP) is 3.79. The molecule has 4 heteroatoms. The van der Waals surface area contributed by atoms with Crippen LogP contribution in [0.1, 0.15) is 44.6 Å². The third kappa shape index (κ3) is 3.90. The van der Waals surface area contributed by atoms with Gasteiger partial charge in [0.15, 0.2) is 17.4 Å². The summed E-state index contributed by atoms with van der Waals surface area (Å²) >= 11 is 0. The summed E-state index contributed by atoms with van der Waals surface area (Å²) in [4.78, 5) is 0. The molecular formula is C15H21F2NO. The third-order valence-electron chi connectivity index (χ3n) is 3.47. The van der Waals surface area contributed by atoms with E-state index in [1.807, 2.05) is 6.92 Å². The Morgan fingerprint density at radius 3 is 2.37 bits per heavy atom. The number of halogens is 2. The predicted molar refractivity (Wildman–Crippen MR) is 71.2 cm³/mol. The van der Waals surface area contributed by atoms with E-state index in [0.29, 0.717) is 12.1 Å². The van der Waals surface area contributed by atoms with Gasteiger partial charge in [-0.05, 0) is 49.9 Å². The molecular weight excluding hydrogens is 248 g/mol. The van der Waals surface area contributed by atoms with Crippen molar-refractivity contribution in [2.45, 2.75) is 51.7 Å². The van der Waals surface area contributed by atoms with Crippen molar-refractivity contribution in [3.8, 4) is 5.75 Å². The minimum atomic E-state index is -0.599. The number of rotatable bonds is 5. The highest BCUT2D eigenvalue weighted by Gasteiger charge is 2.20. The zero-order chi connectivity index (χ0) is 13.7. The Morgan fingerprint density at radius 2 is 1.79 bits per heavy atom. The Balaban J connectivity index is 2.07. The average molecular weight is 269 g/mol. The average Bonchev–Trinajstić information content (AvgIpc) is 2.42. The summed E-state index contributed by atoms with van der Waals surface area (Å²) in [5.74, 6) is -1.41. The van der Waals surface area contributed by atoms with Crippen LogP contribution < -0.4 is 10.1 Å². The highest BCUT2D eigenvalue weighted by Crippen LogP contribution is 2.28. The summed E-state index contributed by atoms with van der Waals surface area (Å²) in [6.07, 6.45) is 5.07. The first kappa shape index (κ1) is 14.3. The number of ether oxygens (including phenoxy) is 1. The fourth-order valence-corrected chi connectivity index (χ4v) is 2.45. The van der Waals surface area contributed by atoms with Crippen LogP contribution in [0.25, 0.3) is 0 Å². The lowest BCUT2D eigenvalue weighted by atomic mass is 9.98. The number of hydrogen-bond acceptors (Lipinski definition) is 2. The van der Waals surface area contributed by atoms with Crippen molar-refractivity contribution >= 4 is 0 Å². The van der Waals surface area contributed by atoms with Crippen molar-refractivity contribution in [3.63, 3.8) is 0 Å². The van der Waals surface area contributed by atoms with Crippen LogP contribution in [-0.4, -0.2) is 12.6 Å². The monoisotopic (exact) mass is 269 g/mol. The van der Waals surface area contributed by atoms with Crippen LogP contribution in [-0.2, 0) is 6.54 Å². The van der Waals surface area contributed by atoms with Crippen LogP contribution in [0, 0.1) is 11.6 Å². The van der Waals surface area contributed by atoms with Crippen LogP contribution >= 0.6 is 0 Å². The van der Waals surface area contributed by atoms with Crippen LogP contribution in [0.15, 0.2) is 12.1 Å². The zero-order valence-electron chi connectivity index (χ0n) is 11.3. The second-order valence-electron chi connectivity index (χ2n) is 5.05. The molecule has 0 radical (unpaired) electrons. The van der Waals surface area contributed by atoms with E-state index >= 15 is 0 Å². The third-order valence-corrected chi connectivity index (χ3v) is 3.47. The fraction of sp³-hybridized carbons (Fsp3) is 0.600. The van der Waals surface area contributed by atoms with Gasteiger partial charge in [0.25, 0.3) is 0 Å². The Kier molecular flexibility index (Phi) is 5.14. The molecule has 0 unspecified atom stereocenters. The Labute approximate surface area is 113 Å². The van der Waals surface area contributed by atoms with E-state index in [1.165, 1.54) is 18.6 Å².